The average molecular weight is 263 g/mol. The normalized spacial score (nSPS) is 15.9. The SMILES string of the molecule is CCCNCCC(C)c1ccc2c(c1)OCCCO2. The Kier molecular flexibility index (Phi) is 5.52. The first-order valence-electron chi connectivity index (χ1n) is 7.41. The first-order valence-corrected chi connectivity index (χ1v) is 7.41. The van der Waals surface area contributed by atoms with Crippen molar-refractivity contribution in [1.82, 2.24) is 5.32 Å². The van der Waals surface area contributed by atoms with Crippen molar-refractivity contribution in [3.05, 3.63) is 23.8 Å². The van der Waals surface area contributed by atoms with Crippen LogP contribution in [0.4, 0.5) is 0 Å². The van der Waals surface area contributed by atoms with Gasteiger partial charge >= 0.3 is 0 Å². The van der Waals surface area contributed by atoms with Gasteiger partial charge in [0.1, 0.15) is 0 Å². The van der Waals surface area contributed by atoms with Gasteiger partial charge in [0.25, 0.3) is 0 Å². The molecule has 0 amide bonds. The van der Waals surface area contributed by atoms with E-state index in [-0.39, 0.29) is 0 Å². The number of ether oxygens (including phenoxy) is 2. The van der Waals surface area contributed by atoms with E-state index in [9.17, 15) is 0 Å². The summed E-state index contributed by atoms with van der Waals surface area (Å²) in [5.41, 5.74) is 1.34. The number of fused-ring (bicyclic) bond motifs is 1. The lowest BCUT2D eigenvalue weighted by Gasteiger charge is -2.15. The molecule has 0 saturated carbocycles. The quantitative estimate of drug-likeness (QED) is 0.798. The lowest BCUT2D eigenvalue weighted by Crippen LogP contribution is -2.17. The van der Waals surface area contributed by atoms with E-state index in [2.05, 4.69) is 31.3 Å². The summed E-state index contributed by atoms with van der Waals surface area (Å²) in [6.07, 6.45) is 3.30. The van der Waals surface area contributed by atoms with Crippen LogP contribution in [0.3, 0.4) is 0 Å². The molecule has 3 heteroatoms. The van der Waals surface area contributed by atoms with Gasteiger partial charge in [-0.2, -0.15) is 0 Å². The first kappa shape index (κ1) is 14.2. The molecule has 0 spiro atoms. The molecule has 1 aromatic rings. The lowest BCUT2D eigenvalue weighted by atomic mass is 9.97. The predicted molar refractivity (Wildman–Crippen MR) is 78.2 cm³/mol. The monoisotopic (exact) mass is 263 g/mol. The molecule has 1 aromatic carbocycles. The van der Waals surface area contributed by atoms with Gasteiger partial charge in [0.15, 0.2) is 11.5 Å². The summed E-state index contributed by atoms with van der Waals surface area (Å²) in [5, 5.41) is 3.45. The molecule has 0 saturated heterocycles. The van der Waals surface area contributed by atoms with E-state index < -0.39 is 0 Å². The zero-order chi connectivity index (χ0) is 13.5. The van der Waals surface area contributed by atoms with Crippen molar-refractivity contribution in [1.29, 1.82) is 0 Å². The van der Waals surface area contributed by atoms with Gasteiger partial charge in [0.05, 0.1) is 13.2 Å². The number of benzene rings is 1. The first-order chi connectivity index (χ1) is 9.31. The molecule has 3 nitrogen and oxygen atoms in total. The van der Waals surface area contributed by atoms with Crippen LogP contribution in [0, 0.1) is 0 Å². The van der Waals surface area contributed by atoms with Crippen molar-refractivity contribution in [3.8, 4) is 11.5 Å². The third kappa shape index (κ3) is 4.13. The van der Waals surface area contributed by atoms with Crippen LogP contribution in [0.1, 0.15) is 44.6 Å². The summed E-state index contributed by atoms with van der Waals surface area (Å²) < 4.78 is 11.4. The molecule has 2 rings (SSSR count). The van der Waals surface area contributed by atoms with Gasteiger partial charge in [-0.05, 0) is 49.5 Å². The molecule has 19 heavy (non-hydrogen) atoms. The van der Waals surface area contributed by atoms with Crippen molar-refractivity contribution < 1.29 is 9.47 Å². The van der Waals surface area contributed by atoms with Crippen LogP contribution < -0.4 is 14.8 Å². The highest BCUT2D eigenvalue weighted by Gasteiger charge is 2.13. The number of hydrogen-bond acceptors (Lipinski definition) is 3. The van der Waals surface area contributed by atoms with Gasteiger partial charge in [0, 0.05) is 6.42 Å². The Morgan fingerprint density at radius 2 is 1.95 bits per heavy atom. The second kappa shape index (κ2) is 7.39. The summed E-state index contributed by atoms with van der Waals surface area (Å²) in [6.45, 7) is 8.15. The van der Waals surface area contributed by atoms with Crippen LogP contribution in [0.15, 0.2) is 18.2 Å². The molecule has 1 N–H and O–H groups in total. The Hall–Kier alpha value is -1.22. The van der Waals surface area contributed by atoms with E-state index in [0.717, 1.165) is 50.6 Å². The molecule has 1 atom stereocenters. The zero-order valence-electron chi connectivity index (χ0n) is 12.1. The molecule has 0 fully saturated rings. The minimum atomic E-state index is 0.543. The molecule has 1 heterocycles. The van der Waals surface area contributed by atoms with Crippen molar-refractivity contribution in [2.24, 2.45) is 0 Å². The summed E-state index contributed by atoms with van der Waals surface area (Å²) in [4.78, 5) is 0. The maximum Gasteiger partial charge on any atom is 0.161 e. The smallest absolute Gasteiger partial charge is 0.161 e. The molecular weight excluding hydrogens is 238 g/mol. The van der Waals surface area contributed by atoms with Crippen molar-refractivity contribution in [2.45, 2.75) is 39.0 Å². The van der Waals surface area contributed by atoms with Gasteiger partial charge in [-0.15, -0.1) is 0 Å². The third-order valence-electron chi connectivity index (χ3n) is 3.52. The van der Waals surface area contributed by atoms with Crippen molar-refractivity contribution >= 4 is 0 Å². The second-order valence-corrected chi connectivity index (χ2v) is 5.20. The van der Waals surface area contributed by atoms with Gasteiger partial charge < -0.3 is 14.8 Å². The average Bonchev–Trinajstić information content (AvgIpc) is 2.67. The fraction of sp³-hybridized carbons (Fsp3) is 0.625. The topological polar surface area (TPSA) is 30.5 Å². The van der Waals surface area contributed by atoms with Gasteiger partial charge in [-0.3, -0.25) is 0 Å². The standard InChI is InChI=1S/C16H25NO2/c1-3-8-17-9-7-13(2)14-5-6-15-16(12-14)19-11-4-10-18-15/h5-6,12-13,17H,3-4,7-11H2,1-2H3. The maximum atomic E-state index is 5.74. The van der Waals surface area contributed by atoms with Crippen LogP contribution in [0.25, 0.3) is 0 Å². The minimum absolute atomic E-state index is 0.543. The highest BCUT2D eigenvalue weighted by Crippen LogP contribution is 2.33. The molecule has 0 aliphatic carbocycles. The Morgan fingerprint density at radius 1 is 1.16 bits per heavy atom. The molecule has 1 unspecified atom stereocenters. The maximum absolute atomic E-state index is 5.74. The van der Waals surface area contributed by atoms with Crippen LogP contribution in [-0.2, 0) is 0 Å². The summed E-state index contributed by atoms with van der Waals surface area (Å²) in [7, 11) is 0. The van der Waals surface area contributed by atoms with Crippen LogP contribution in [-0.4, -0.2) is 26.3 Å². The van der Waals surface area contributed by atoms with Gasteiger partial charge in [-0.25, -0.2) is 0 Å². The Bertz CT molecular complexity index is 392. The largest absolute Gasteiger partial charge is 0.490 e. The Balaban J connectivity index is 1.94. The predicted octanol–water partition coefficient (Wildman–Crippen LogP) is 3.34. The Labute approximate surface area is 116 Å². The molecule has 0 aromatic heterocycles. The minimum Gasteiger partial charge on any atom is -0.490 e. The highest BCUT2D eigenvalue weighted by atomic mass is 16.5. The second-order valence-electron chi connectivity index (χ2n) is 5.20. The molecule has 1 aliphatic heterocycles. The number of hydrogen-bond donors (Lipinski definition) is 1. The number of nitrogens with one attached hydrogen (secondary N) is 1. The summed E-state index contributed by atoms with van der Waals surface area (Å²) >= 11 is 0. The van der Waals surface area contributed by atoms with Crippen molar-refractivity contribution in [2.75, 3.05) is 26.3 Å². The molecule has 0 radical (unpaired) electrons. The Morgan fingerprint density at radius 3 is 2.74 bits per heavy atom. The lowest BCUT2D eigenvalue weighted by molar-refractivity contribution is 0.297. The van der Waals surface area contributed by atoms with Crippen LogP contribution >= 0.6 is 0 Å². The third-order valence-corrected chi connectivity index (χ3v) is 3.52. The molecule has 0 bridgehead atoms. The fourth-order valence-electron chi connectivity index (χ4n) is 2.27. The summed E-state index contributed by atoms with van der Waals surface area (Å²) in [6, 6.07) is 6.36. The number of rotatable bonds is 6. The van der Waals surface area contributed by atoms with Crippen LogP contribution in [0.2, 0.25) is 0 Å². The molecule has 1 aliphatic rings. The zero-order valence-corrected chi connectivity index (χ0v) is 12.1. The van der Waals surface area contributed by atoms with E-state index in [0.29, 0.717) is 5.92 Å². The highest BCUT2D eigenvalue weighted by molar-refractivity contribution is 5.44. The van der Waals surface area contributed by atoms with E-state index in [1.807, 2.05) is 6.07 Å². The molecule has 106 valence electrons. The van der Waals surface area contributed by atoms with Crippen molar-refractivity contribution in [3.63, 3.8) is 0 Å². The van der Waals surface area contributed by atoms with E-state index in [1.54, 1.807) is 0 Å². The van der Waals surface area contributed by atoms with E-state index in [1.165, 1.54) is 12.0 Å². The van der Waals surface area contributed by atoms with E-state index in [4.69, 9.17) is 9.47 Å². The van der Waals surface area contributed by atoms with E-state index >= 15 is 0 Å². The fourth-order valence-corrected chi connectivity index (χ4v) is 2.27. The van der Waals surface area contributed by atoms with Gasteiger partial charge in [0.2, 0.25) is 0 Å². The van der Waals surface area contributed by atoms with Gasteiger partial charge in [-0.1, -0.05) is 19.9 Å². The molecular formula is C16H25NO2. The van der Waals surface area contributed by atoms with Crippen LogP contribution in [0.5, 0.6) is 11.5 Å². The summed E-state index contributed by atoms with van der Waals surface area (Å²) in [5.74, 6) is 2.34.